The van der Waals surface area contributed by atoms with E-state index in [1.165, 1.54) is 0 Å². The minimum atomic E-state index is -4.47. The number of nitrogens with one attached hydrogen (secondary N) is 1. The lowest BCUT2D eigenvalue weighted by molar-refractivity contribution is -0.138. The van der Waals surface area contributed by atoms with Gasteiger partial charge in [-0.25, -0.2) is 9.97 Å². The number of hydrogen-bond donors (Lipinski definition) is 1. The van der Waals surface area contributed by atoms with Crippen molar-refractivity contribution < 1.29 is 18.0 Å². The van der Waals surface area contributed by atoms with E-state index in [-0.39, 0.29) is 18.3 Å². The molecule has 2 rings (SSSR count). The number of nitrogens with zero attached hydrogens (tertiary/aromatic N) is 2. The summed E-state index contributed by atoms with van der Waals surface area (Å²) in [4.78, 5) is 19.2. The van der Waals surface area contributed by atoms with Crippen molar-refractivity contribution in [3.8, 4) is 0 Å². The molecule has 23 heavy (non-hydrogen) atoms. The zero-order valence-corrected chi connectivity index (χ0v) is 12.7. The lowest BCUT2D eigenvalue weighted by Crippen LogP contribution is -2.24. The van der Waals surface area contributed by atoms with Gasteiger partial charge in [0.2, 0.25) is 0 Å². The second kappa shape index (κ2) is 6.76. The van der Waals surface area contributed by atoms with Crippen molar-refractivity contribution in [2.24, 2.45) is 0 Å². The Morgan fingerprint density at radius 1 is 1.13 bits per heavy atom. The molecule has 0 aliphatic rings. The van der Waals surface area contributed by atoms with Crippen molar-refractivity contribution in [2.75, 3.05) is 0 Å². The largest absolute Gasteiger partial charge is 0.419 e. The first-order valence-corrected chi connectivity index (χ1v) is 7.03. The second-order valence-corrected chi connectivity index (χ2v) is 5.35. The summed E-state index contributed by atoms with van der Waals surface area (Å²) in [6.45, 7) is 4.07. The van der Waals surface area contributed by atoms with Gasteiger partial charge in [0.25, 0.3) is 5.91 Å². The minimum Gasteiger partial charge on any atom is -0.345 e. The summed E-state index contributed by atoms with van der Waals surface area (Å²) in [7, 11) is 0. The highest BCUT2D eigenvalue weighted by Crippen LogP contribution is 2.27. The zero-order chi connectivity index (χ0) is 17.0. The molecule has 4 nitrogen and oxygen atoms in total. The van der Waals surface area contributed by atoms with Crippen LogP contribution < -0.4 is 5.32 Å². The number of amides is 1. The number of aromatic nitrogens is 2. The second-order valence-electron chi connectivity index (χ2n) is 5.35. The maximum atomic E-state index is 12.4. The standard InChI is InChI=1S/C16H16F3N3O/c1-10(2)11-3-5-12(6-4-11)15(23)22-9-14-20-7-13(8-21-14)16(17,18)19/h3-8,10H,9H2,1-2H3,(H,22,23). The van der Waals surface area contributed by atoms with Crippen LogP contribution >= 0.6 is 0 Å². The number of alkyl halides is 3. The molecule has 2 aromatic rings. The quantitative estimate of drug-likeness (QED) is 0.936. The molecule has 0 bridgehead atoms. The number of halogens is 3. The summed E-state index contributed by atoms with van der Waals surface area (Å²) in [6.07, 6.45) is -3.07. The van der Waals surface area contributed by atoms with E-state index in [4.69, 9.17) is 0 Å². The van der Waals surface area contributed by atoms with E-state index in [0.717, 1.165) is 5.56 Å². The summed E-state index contributed by atoms with van der Waals surface area (Å²) < 4.78 is 37.2. The molecular formula is C16H16F3N3O. The van der Waals surface area contributed by atoms with Crippen LogP contribution in [0, 0.1) is 0 Å². The fraction of sp³-hybridized carbons (Fsp3) is 0.312. The number of carbonyl (C=O) groups excluding carboxylic acids is 1. The topological polar surface area (TPSA) is 54.9 Å². The van der Waals surface area contributed by atoms with Gasteiger partial charge in [0, 0.05) is 18.0 Å². The Labute approximate surface area is 131 Å². The Balaban J connectivity index is 1.96. The summed E-state index contributed by atoms with van der Waals surface area (Å²) in [5.74, 6) is 0.154. The van der Waals surface area contributed by atoms with Crippen LogP contribution in [-0.4, -0.2) is 15.9 Å². The fourth-order valence-electron chi connectivity index (χ4n) is 1.87. The van der Waals surface area contributed by atoms with E-state index in [1.54, 1.807) is 12.1 Å². The molecule has 1 N–H and O–H groups in total. The van der Waals surface area contributed by atoms with E-state index >= 15 is 0 Å². The fourth-order valence-corrected chi connectivity index (χ4v) is 1.87. The summed E-state index contributed by atoms with van der Waals surface area (Å²) in [6, 6.07) is 7.15. The average Bonchev–Trinajstić information content (AvgIpc) is 2.52. The van der Waals surface area contributed by atoms with Gasteiger partial charge < -0.3 is 5.32 Å². The molecule has 0 atom stereocenters. The number of benzene rings is 1. The van der Waals surface area contributed by atoms with Crippen LogP contribution in [0.2, 0.25) is 0 Å². The van der Waals surface area contributed by atoms with Crippen molar-refractivity contribution in [3.05, 3.63) is 59.2 Å². The van der Waals surface area contributed by atoms with Crippen molar-refractivity contribution in [2.45, 2.75) is 32.5 Å². The van der Waals surface area contributed by atoms with Crippen molar-refractivity contribution in [1.82, 2.24) is 15.3 Å². The van der Waals surface area contributed by atoms with Gasteiger partial charge in [-0.1, -0.05) is 26.0 Å². The first-order valence-electron chi connectivity index (χ1n) is 7.03. The molecule has 0 radical (unpaired) electrons. The summed E-state index contributed by atoms with van der Waals surface area (Å²) >= 11 is 0. The van der Waals surface area contributed by atoms with Gasteiger partial charge in [0.15, 0.2) is 0 Å². The van der Waals surface area contributed by atoms with E-state index in [1.807, 2.05) is 12.1 Å². The Morgan fingerprint density at radius 2 is 1.70 bits per heavy atom. The molecule has 1 aromatic heterocycles. The SMILES string of the molecule is CC(C)c1ccc(C(=O)NCc2ncc(C(F)(F)F)cn2)cc1. The molecule has 0 saturated carbocycles. The van der Waals surface area contributed by atoms with Crippen molar-refractivity contribution in [1.29, 1.82) is 0 Å². The minimum absolute atomic E-state index is 0.0388. The molecule has 0 aliphatic heterocycles. The molecule has 1 amide bonds. The van der Waals surface area contributed by atoms with Crippen LogP contribution in [0.3, 0.4) is 0 Å². The molecule has 0 fully saturated rings. The highest BCUT2D eigenvalue weighted by molar-refractivity contribution is 5.94. The van der Waals surface area contributed by atoms with Crippen LogP contribution in [-0.2, 0) is 12.7 Å². The van der Waals surface area contributed by atoms with E-state index in [2.05, 4.69) is 29.1 Å². The third-order valence-electron chi connectivity index (χ3n) is 3.28. The van der Waals surface area contributed by atoms with Gasteiger partial charge in [-0.05, 0) is 23.6 Å². The van der Waals surface area contributed by atoms with Crippen LogP contribution in [0.5, 0.6) is 0 Å². The molecule has 0 aliphatic carbocycles. The molecule has 1 heterocycles. The molecule has 122 valence electrons. The Kier molecular flexibility index (Phi) is 4.98. The molecule has 0 spiro atoms. The van der Waals surface area contributed by atoms with Crippen LogP contribution in [0.1, 0.15) is 47.1 Å². The van der Waals surface area contributed by atoms with Crippen molar-refractivity contribution in [3.63, 3.8) is 0 Å². The van der Waals surface area contributed by atoms with E-state index in [9.17, 15) is 18.0 Å². The summed E-state index contributed by atoms with van der Waals surface area (Å²) in [5.41, 5.74) is 0.672. The zero-order valence-electron chi connectivity index (χ0n) is 12.7. The van der Waals surface area contributed by atoms with Crippen LogP contribution in [0.15, 0.2) is 36.7 Å². The summed E-state index contributed by atoms with van der Waals surface area (Å²) in [5, 5.41) is 2.58. The molecule has 0 saturated heterocycles. The number of carbonyl (C=O) groups is 1. The van der Waals surface area contributed by atoms with Crippen LogP contribution in [0.25, 0.3) is 0 Å². The van der Waals surface area contributed by atoms with Crippen LogP contribution in [0.4, 0.5) is 13.2 Å². The van der Waals surface area contributed by atoms with Gasteiger partial charge in [-0.2, -0.15) is 13.2 Å². The third-order valence-corrected chi connectivity index (χ3v) is 3.28. The van der Waals surface area contributed by atoms with Gasteiger partial charge in [-0.15, -0.1) is 0 Å². The smallest absolute Gasteiger partial charge is 0.345 e. The predicted molar refractivity (Wildman–Crippen MR) is 78.7 cm³/mol. The maximum absolute atomic E-state index is 12.4. The van der Waals surface area contributed by atoms with Gasteiger partial charge >= 0.3 is 6.18 Å². The number of hydrogen-bond acceptors (Lipinski definition) is 3. The maximum Gasteiger partial charge on any atom is 0.419 e. The molecule has 0 unspecified atom stereocenters. The Bertz CT molecular complexity index is 664. The first kappa shape index (κ1) is 16.9. The van der Waals surface area contributed by atoms with Gasteiger partial charge in [0.05, 0.1) is 12.1 Å². The number of rotatable bonds is 4. The highest BCUT2D eigenvalue weighted by atomic mass is 19.4. The predicted octanol–water partition coefficient (Wildman–Crippen LogP) is 3.55. The van der Waals surface area contributed by atoms with Crippen molar-refractivity contribution >= 4 is 5.91 Å². The third kappa shape index (κ3) is 4.51. The van der Waals surface area contributed by atoms with Gasteiger partial charge in [-0.3, -0.25) is 4.79 Å². The Hall–Kier alpha value is -2.44. The lowest BCUT2D eigenvalue weighted by atomic mass is 10.0. The van der Waals surface area contributed by atoms with Gasteiger partial charge in [0.1, 0.15) is 5.82 Å². The molecular weight excluding hydrogens is 307 g/mol. The molecule has 7 heteroatoms. The normalized spacial score (nSPS) is 11.6. The molecule has 1 aromatic carbocycles. The Morgan fingerprint density at radius 3 is 2.17 bits per heavy atom. The first-order chi connectivity index (χ1) is 10.8. The highest BCUT2D eigenvalue weighted by Gasteiger charge is 2.31. The average molecular weight is 323 g/mol. The van der Waals surface area contributed by atoms with E-state index in [0.29, 0.717) is 23.9 Å². The monoisotopic (exact) mass is 323 g/mol. The lowest BCUT2D eigenvalue weighted by Gasteiger charge is -2.08. The van der Waals surface area contributed by atoms with E-state index < -0.39 is 11.7 Å².